The number of aliphatic hydroxyl groups excluding tert-OH is 1. The smallest absolute Gasteiger partial charge is 0.251 e. The Morgan fingerprint density at radius 1 is 0.816 bits per heavy atom. The zero-order valence-corrected chi connectivity index (χ0v) is 29.1. The Balaban J connectivity index is 1.33. The van der Waals surface area contributed by atoms with E-state index in [0.29, 0.717) is 19.6 Å². The Kier molecular flexibility index (Phi) is 8.92. The van der Waals surface area contributed by atoms with Crippen molar-refractivity contribution in [3.8, 4) is 0 Å². The summed E-state index contributed by atoms with van der Waals surface area (Å²) in [5, 5.41) is 10.9. The Morgan fingerprint density at radius 3 is 2.12 bits per heavy atom. The summed E-state index contributed by atoms with van der Waals surface area (Å²) in [5.41, 5.74) is 3.58. The van der Waals surface area contributed by atoms with Gasteiger partial charge in [-0.3, -0.25) is 14.4 Å². The Hall–Kier alpha value is -4.34. The molecule has 0 aromatic heterocycles. The summed E-state index contributed by atoms with van der Waals surface area (Å²) in [6, 6.07) is 25.6. The van der Waals surface area contributed by atoms with Crippen LogP contribution < -0.4 is 9.80 Å². The van der Waals surface area contributed by atoms with Gasteiger partial charge in [-0.1, -0.05) is 85.0 Å². The number of aliphatic hydroxyl groups is 1. The quantitative estimate of drug-likeness (QED) is 0.304. The third-order valence-corrected chi connectivity index (χ3v) is 12.6. The van der Waals surface area contributed by atoms with Gasteiger partial charge in [-0.05, 0) is 56.2 Å². The molecule has 1 unspecified atom stereocenters. The molecule has 0 bridgehead atoms. The Morgan fingerprint density at radius 2 is 1.47 bits per heavy atom. The Labute approximate surface area is 293 Å². The fourth-order valence-corrected chi connectivity index (χ4v) is 10.6. The predicted octanol–water partition coefficient (Wildman–Crippen LogP) is 5.46. The van der Waals surface area contributed by atoms with Gasteiger partial charge in [0.15, 0.2) is 0 Å². The molecule has 49 heavy (non-hydrogen) atoms. The van der Waals surface area contributed by atoms with E-state index in [-0.39, 0.29) is 24.3 Å². The van der Waals surface area contributed by atoms with Crippen LogP contribution in [-0.2, 0) is 20.9 Å². The van der Waals surface area contributed by atoms with E-state index >= 15 is 9.59 Å². The van der Waals surface area contributed by atoms with E-state index in [1.807, 2.05) is 115 Å². The van der Waals surface area contributed by atoms with Crippen molar-refractivity contribution in [1.29, 1.82) is 0 Å². The summed E-state index contributed by atoms with van der Waals surface area (Å²) in [5.74, 6) is -2.07. The molecule has 0 saturated carbocycles. The summed E-state index contributed by atoms with van der Waals surface area (Å²) >= 11 is 1.56. The van der Waals surface area contributed by atoms with E-state index < -0.39 is 33.4 Å². The summed E-state index contributed by atoms with van der Waals surface area (Å²) in [7, 11) is 0. The van der Waals surface area contributed by atoms with E-state index in [1.165, 1.54) is 0 Å². The maximum atomic E-state index is 15.1. The van der Waals surface area contributed by atoms with Crippen LogP contribution in [0, 0.1) is 11.8 Å². The molecule has 4 heterocycles. The number of likely N-dealkylation sites (tertiary alicyclic amines) is 1. The van der Waals surface area contributed by atoms with E-state index in [2.05, 4.69) is 24.8 Å². The zero-order chi connectivity index (χ0) is 34.3. The van der Waals surface area contributed by atoms with Crippen molar-refractivity contribution in [2.75, 3.05) is 42.6 Å². The molecule has 4 aliphatic heterocycles. The lowest BCUT2D eigenvalue weighted by Gasteiger charge is -2.40. The summed E-state index contributed by atoms with van der Waals surface area (Å²) in [6.07, 6.45) is 8.15. The van der Waals surface area contributed by atoms with Gasteiger partial charge in [0.25, 0.3) is 5.91 Å². The standard InChI is InChI=1S/C40H44N4O4S/c1-4-41(5-2)30-18-20-31(21-19-30)43-25-13-23-40-34(37(47)44(35(40)38(43)48)32(27-45)29-16-10-7-11-17-29)33-36(46)42(24-12-22-39(33,3)49-40)26-28-14-8-6-9-15-28/h6-23,32-35,45H,4-5,24-27H2,1-3H3/t32-,33+,34+,35?,39-,40+/m1/s1. The van der Waals surface area contributed by atoms with Gasteiger partial charge in [-0.25, -0.2) is 0 Å². The lowest BCUT2D eigenvalue weighted by atomic mass is 9.74. The van der Waals surface area contributed by atoms with Gasteiger partial charge in [0.05, 0.1) is 29.2 Å². The summed E-state index contributed by atoms with van der Waals surface area (Å²) in [6.45, 7) is 8.87. The third kappa shape index (κ3) is 5.47. The average Bonchev–Trinajstić information content (AvgIpc) is 3.39. The number of hydrogen-bond acceptors (Lipinski definition) is 6. The molecule has 8 nitrogen and oxygen atoms in total. The van der Waals surface area contributed by atoms with Crippen LogP contribution in [0.15, 0.2) is 109 Å². The van der Waals surface area contributed by atoms with Crippen LogP contribution in [-0.4, -0.2) is 80.9 Å². The van der Waals surface area contributed by atoms with Crippen LogP contribution in [0.25, 0.3) is 0 Å². The van der Waals surface area contributed by atoms with Crippen molar-refractivity contribution in [3.05, 3.63) is 120 Å². The molecule has 254 valence electrons. The van der Waals surface area contributed by atoms with Crippen molar-refractivity contribution in [2.45, 2.75) is 48.9 Å². The van der Waals surface area contributed by atoms with Gasteiger partial charge < -0.3 is 24.7 Å². The van der Waals surface area contributed by atoms with Crippen molar-refractivity contribution in [2.24, 2.45) is 11.8 Å². The van der Waals surface area contributed by atoms with Gasteiger partial charge in [0.2, 0.25) is 11.8 Å². The first-order valence-corrected chi connectivity index (χ1v) is 18.1. The molecule has 2 saturated heterocycles. The molecule has 1 spiro atoms. The largest absolute Gasteiger partial charge is 0.394 e. The Bertz CT molecular complexity index is 1760. The van der Waals surface area contributed by atoms with E-state index in [1.54, 1.807) is 21.6 Å². The highest BCUT2D eigenvalue weighted by Gasteiger charge is 2.74. The lowest BCUT2D eigenvalue weighted by Crippen LogP contribution is -2.54. The van der Waals surface area contributed by atoms with Gasteiger partial charge in [-0.2, -0.15) is 0 Å². The second-order valence-corrected chi connectivity index (χ2v) is 15.3. The summed E-state index contributed by atoms with van der Waals surface area (Å²) in [4.78, 5) is 52.4. The molecule has 9 heteroatoms. The molecule has 6 atom stereocenters. The van der Waals surface area contributed by atoms with Gasteiger partial charge in [0.1, 0.15) is 6.04 Å². The number of thioether (sulfide) groups is 1. The normalized spacial score (nSPS) is 28.2. The van der Waals surface area contributed by atoms with Gasteiger partial charge >= 0.3 is 0 Å². The van der Waals surface area contributed by atoms with Crippen molar-refractivity contribution < 1.29 is 19.5 Å². The molecular weight excluding hydrogens is 633 g/mol. The zero-order valence-electron chi connectivity index (χ0n) is 28.3. The number of rotatable bonds is 9. The van der Waals surface area contributed by atoms with Crippen LogP contribution in [0.1, 0.15) is 37.9 Å². The highest BCUT2D eigenvalue weighted by molar-refractivity contribution is 8.02. The number of amides is 3. The molecule has 3 aromatic rings. The second kappa shape index (κ2) is 13.2. The van der Waals surface area contributed by atoms with Crippen LogP contribution in [0.3, 0.4) is 0 Å². The maximum Gasteiger partial charge on any atom is 0.251 e. The predicted molar refractivity (Wildman–Crippen MR) is 195 cm³/mol. The SMILES string of the molecule is CCN(CC)c1ccc(N2CC=C[C@]34S[C@]5(C)C=CCN(Cc6ccccc6)C(=O)[C@@H]5[C@H]3C(=O)N([C@H](CO)c3ccccc3)C4C2=O)cc1. The van der Waals surface area contributed by atoms with E-state index in [4.69, 9.17) is 0 Å². The highest BCUT2D eigenvalue weighted by Crippen LogP contribution is 2.66. The molecule has 4 aliphatic rings. The molecular formula is C40H44N4O4S. The second-order valence-electron chi connectivity index (χ2n) is 13.5. The molecule has 0 aliphatic carbocycles. The molecule has 3 aromatic carbocycles. The molecule has 1 N–H and O–H groups in total. The van der Waals surface area contributed by atoms with Crippen LogP contribution >= 0.6 is 11.8 Å². The average molecular weight is 677 g/mol. The van der Waals surface area contributed by atoms with Crippen LogP contribution in [0.5, 0.6) is 0 Å². The number of fused-ring (bicyclic) bond motifs is 2. The number of hydrogen-bond donors (Lipinski definition) is 1. The van der Waals surface area contributed by atoms with Gasteiger partial charge in [0, 0.05) is 48.8 Å². The molecule has 0 radical (unpaired) electrons. The minimum Gasteiger partial charge on any atom is -0.394 e. The first kappa shape index (κ1) is 33.2. The molecule has 2 fully saturated rings. The van der Waals surface area contributed by atoms with Crippen LogP contribution in [0.2, 0.25) is 0 Å². The number of benzene rings is 3. The monoisotopic (exact) mass is 676 g/mol. The van der Waals surface area contributed by atoms with Gasteiger partial charge in [-0.15, -0.1) is 11.8 Å². The summed E-state index contributed by atoms with van der Waals surface area (Å²) < 4.78 is -1.75. The van der Waals surface area contributed by atoms with E-state index in [9.17, 15) is 9.90 Å². The lowest BCUT2D eigenvalue weighted by molar-refractivity contribution is -0.145. The van der Waals surface area contributed by atoms with Crippen molar-refractivity contribution >= 4 is 40.9 Å². The minimum atomic E-state index is -1.03. The minimum absolute atomic E-state index is 0.0890. The first-order valence-electron chi connectivity index (χ1n) is 17.3. The molecule has 3 amide bonds. The number of anilines is 2. The third-order valence-electron chi connectivity index (χ3n) is 10.8. The first-order chi connectivity index (χ1) is 23.8. The highest BCUT2D eigenvalue weighted by atomic mass is 32.2. The fraction of sp³-hybridized carbons (Fsp3) is 0.375. The number of carbonyl (C=O) groups is 3. The topological polar surface area (TPSA) is 84.4 Å². The maximum absolute atomic E-state index is 15.1. The molecule has 7 rings (SSSR count). The van der Waals surface area contributed by atoms with Crippen LogP contribution in [0.4, 0.5) is 11.4 Å². The van der Waals surface area contributed by atoms with Crippen molar-refractivity contribution in [1.82, 2.24) is 9.80 Å². The number of nitrogens with zero attached hydrogens (tertiary/aromatic N) is 4. The van der Waals surface area contributed by atoms with Crippen molar-refractivity contribution in [3.63, 3.8) is 0 Å². The fourth-order valence-electron chi connectivity index (χ4n) is 8.49. The van der Waals surface area contributed by atoms with E-state index in [0.717, 1.165) is 35.6 Å². The number of carbonyl (C=O) groups excluding carboxylic acids is 3.